The summed E-state index contributed by atoms with van der Waals surface area (Å²) in [5, 5.41) is 9.46. The van der Waals surface area contributed by atoms with E-state index in [1.165, 1.54) is 0 Å². The minimum Gasteiger partial charge on any atom is -0.508 e. The first-order chi connectivity index (χ1) is 14.1. The van der Waals surface area contributed by atoms with Gasteiger partial charge in [-0.1, -0.05) is 25.1 Å². The molecular formula is C23H34Cl2N4O2. The molecule has 1 aromatic heterocycles. The van der Waals surface area contributed by atoms with Crippen molar-refractivity contribution in [3.63, 3.8) is 0 Å². The van der Waals surface area contributed by atoms with Crippen molar-refractivity contribution in [3.05, 3.63) is 59.9 Å². The standard InChI is InChI=1S/C23H32N4O2.2ClH/c1-2-26-14-11-20(12-15-26)27(16-10-19-5-3-4-13-25-19)23(29)22(24)17-18-6-8-21(28)9-7-18;;/h3-9,13,20,22,28H,2,10-12,14-17,24H2,1H3;2*1H/t22-;;/m1../s1. The van der Waals surface area contributed by atoms with Crippen molar-refractivity contribution in [2.45, 2.75) is 44.7 Å². The Morgan fingerprint density at radius 3 is 2.45 bits per heavy atom. The Labute approximate surface area is 197 Å². The van der Waals surface area contributed by atoms with Crippen molar-refractivity contribution in [3.8, 4) is 5.75 Å². The number of piperidine rings is 1. The number of benzene rings is 1. The van der Waals surface area contributed by atoms with E-state index in [4.69, 9.17) is 5.73 Å². The summed E-state index contributed by atoms with van der Waals surface area (Å²) >= 11 is 0. The number of phenolic OH excluding ortho intramolecular Hbond substituents is 1. The second kappa shape index (κ2) is 13.5. The molecule has 0 bridgehead atoms. The van der Waals surface area contributed by atoms with E-state index in [2.05, 4.69) is 16.8 Å². The smallest absolute Gasteiger partial charge is 0.240 e. The van der Waals surface area contributed by atoms with Crippen molar-refractivity contribution >= 4 is 30.7 Å². The van der Waals surface area contributed by atoms with E-state index in [1.807, 2.05) is 35.2 Å². The molecule has 1 atom stereocenters. The maximum Gasteiger partial charge on any atom is 0.240 e. The topological polar surface area (TPSA) is 82.7 Å². The first kappa shape index (κ1) is 27.2. The average Bonchev–Trinajstić information content (AvgIpc) is 2.76. The molecule has 1 saturated heterocycles. The molecule has 3 N–H and O–H groups in total. The Morgan fingerprint density at radius 1 is 1.19 bits per heavy atom. The van der Waals surface area contributed by atoms with Crippen LogP contribution in [0.25, 0.3) is 0 Å². The molecule has 1 amide bonds. The number of nitrogens with zero attached hydrogens (tertiary/aromatic N) is 3. The number of carbonyl (C=O) groups excluding carboxylic acids is 1. The fourth-order valence-electron chi connectivity index (χ4n) is 3.99. The number of hydrogen-bond acceptors (Lipinski definition) is 5. The molecule has 0 spiro atoms. The molecule has 1 aliphatic heterocycles. The van der Waals surface area contributed by atoms with Gasteiger partial charge in [0.1, 0.15) is 5.75 Å². The zero-order chi connectivity index (χ0) is 20.6. The second-order valence-electron chi connectivity index (χ2n) is 7.75. The summed E-state index contributed by atoms with van der Waals surface area (Å²) in [5.74, 6) is 0.220. The Kier molecular flexibility index (Phi) is 11.9. The van der Waals surface area contributed by atoms with Crippen LogP contribution in [0, 0.1) is 0 Å². The molecule has 8 heteroatoms. The molecule has 6 nitrogen and oxygen atoms in total. The van der Waals surface area contributed by atoms with Gasteiger partial charge in [0.15, 0.2) is 0 Å². The lowest BCUT2D eigenvalue weighted by atomic mass is 9.99. The SMILES string of the molecule is CCN1CCC(N(CCc2ccccn2)C(=O)[C@H](N)Cc2ccc(O)cc2)CC1.Cl.Cl. The van der Waals surface area contributed by atoms with E-state index in [0.29, 0.717) is 13.0 Å². The number of phenols is 1. The van der Waals surface area contributed by atoms with E-state index in [9.17, 15) is 9.90 Å². The molecular weight excluding hydrogens is 435 g/mol. The number of likely N-dealkylation sites (tertiary alicyclic amines) is 1. The summed E-state index contributed by atoms with van der Waals surface area (Å²) in [6.45, 7) is 5.90. The monoisotopic (exact) mass is 468 g/mol. The minimum absolute atomic E-state index is 0. The highest BCUT2D eigenvalue weighted by Gasteiger charge is 2.30. The summed E-state index contributed by atoms with van der Waals surface area (Å²) < 4.78 is 0. The third kappa shape index (κ3) is 7.96. The lowest BCUT2D eigenvalue weighted by molar-refractivity contribution is -0.136. The zero-order valence-corrected chi connectivity index (χ0v) is 19.7. The van der Waals surface area contributed by atoms with Gasteiger partial charge in [0.2, 0.25) is 5.91 Å². The Bertz CT molecular complexity index is 769. The number of carbonyl (C=O) groups is 1. The van der Waals surface area contributed by atoms with Gasteiger partial charge in [-0.2, -0.15) is 0 Å². The summed E-state index contributed by atoms with van der Waals surface area (Å²) in [5.41, 5.74) is 8.28. The summed E-state index contributed by atoms with van der Waals surface area (Å²) in [4.78, 5) is 22.1. The van der Waals surface area contributed by atoms with Crippen LogP contribution in [-0.2, 0) is 17.6 Å². The first-order valence-corrected chi connectivity index (χ1v) is 10.5. The van der Waals surface area contributed by atoms with Crippen molar-refractivity contribution in [1.29, 1.82) is 0 Å². The highest BCUT2D eigenvalue weighted by Crippen LogP contribution is 2.19. The minimum atomic E-state index is -0.590. The van der Waals surface area contributed by atoms with E-state index < -0.39 is 6.04 Å². The molecule has 1 aromatic carbocycles. The molecule has 2 aromatic rings. The van der Waals surface area contributed by atoms with Crippen molar-refractivity contribution in [2.24, 2.45) is 5.73 Å². The van der Waals surface area contributed by atoms with Gasteiger partial charge >= 0.3 is 0 Å². The summed E-state index contributed by atoms with van der Waals surface area (Å²) in [6, 6.07) is 12.4. The van der Waals surface area contributed by atoms with Gasteiger partial charge in [-0.25, -0.2) is 0 Å². The molecule has 1 aliphatic rings. The van der Waals surface area contributed by atoms with Gasteiger partial charge in [-0.3, -0.25) is 9.78 Å². The van der Waals surface area contributed by atoms with Gasteiger partial charge in [0.05, 0.1) is 6.04 Å². The van der Waals surface area contributed by atoms with Gasteiger partial charge in [0, 0.05) is 44.0 Å². The van der Waals surface area contributed by atoms with E-state index in [1.54, 1.807) is 18.3 Å². The van der Waals surface area contributed by atoms with Crippen molar-refractivity contribution in [1.82, 2.24) is 14.8 Å². The average molecular weight is 469 g/mol. The second-order valence-corrected chi connectivity index (χ2v) is 7.75. The lowest BCUT2D eigenvalue weighted by Gasteiger charge is -2.39. The molecule has 172 valence electrons. The van der Waals surface area contributed by atoms with E-state index in [0.717, 1.165) is 50.2 Å². The maximum absolute atomic E-state index is 13.3. The lowest BCUT2D eigenvalue weighted by Crippen LogP contribution is -2.53. The summed E-state index contributed by atoms with van der Waals surface area (Å²) in [7, 11) is 0. The van der Waals surface area contributed by atoms with Crippen molar-refractivity contribution in [2.75, 3.05) is 26.2 Å². The highest BCUT2D eigenvalue weighted by atomic mass is 35.5. The molecule has 1 fully saturated rings. The molecule has 0 unspecified atom stereocenters. The number of rotatable bonds is 8. The van der Waals surface area contributed by atoms with Crippen LogP contribution in [0.2, 0.25) is 0 Å². The zero-order valence-electron chi connectivity index (χ0n) is 18.0. The largest absolute Gasteiger partial charge is 0.508 e. The van der Waals surface area contributed by atoms with Crippen LogP contribution in [0.4, 0.5) is 0 Å². The normalized spacial score (nSPS) is 15.4. The van der Waals surface area contributed by atoms with Gasteiger partial charge in [-0.15, -0.1) is 24.8 Å². The Balaban J connectivity index is 0.00000240. The van der Waals surface area contributed by atoms with Crippen LogP contribution in [0.15, 0.2) is 48.7 Å². The van der Waals surface area contributed by atoms with E-state index >= 15 is 0 Å². The predicted octanol–water partition coefficient (Wildman–Crippen LogP) is 3.06. The number of hydrogen-bond donors (Lipinski definition) is 2. The molecule has 0 aliphatic carbocycles. The van der Waals surface area contributed by atoms with Gasteiger partial charge in [-0.05, 0) is 55.6 Å². The van der Waals surface area contributed by atoms with Crippen LogP contribution in [0.5, 0.6) is 5.75 Å². The van der Waals surface area contributed by atoms with Crippen LogP contribution in [0.1, 0.15) is 31.0 Å². The van der Waals surface area contributed by atoms with E-state index in [-0.39, 0.29) is 42.5 Å². The van der Waals surface area contributed by atoms with Gasteiger partial charge in [0.25, 0.3) is 0 Å². The number of nitrogens with two attached hydrogens (primary N) is 1. The number of aromatic hydroxyl groups is 1. The number of amides is 1. The Morgan fingerprint density at radius 2 is 1.87 bits per heavy atom. The third-order valence-corrected chi connectivity index (χ3v) is 5.77. The van der Waals surface area contributed by atoms with Crippen LogP contribution in [-0.4, -0.2) is 64.1 Å². The van der Waals surface area contributed by atoms with Crippen LogP contribution >= 0.6 is 24.8 Å². The quantitative estimate of drug-likeness (QED) is 0.621. The molecule has 2 heterocycles. The number of halogens is 2. The van der Waals surface area contributed by atoms with Crippen LogP contribution < -0.4 is 5.73 Å². The van der Waals surface area contributed by atoms with Crippen molar-refractivity contribution < 1.29 is 9.90 Å². The van der Waals surface area contributed by atoms with Crippen LogP contribution in [0.3, 0.4) is 0 Å². The summed E-state index contributed by atoms with van der Waals surface area (Å²) in [6.07, 6.45) is 4.94. The maximum atomic E-state index is 13.3. The fourth-order valence-corrected chi connectivity index (χ4v) is 3.99. The predicted molar refractivity (Wildman–Crippen MR) is 129 cm³/mol. The third-order valence-electron chi connectivity index (χ3n) is 5.77. The Hall–Kier alpha value is -1.86. The number of pyridine rings is 1. The molecule has 3 rings (SSSR count). The fraction of sp³-hybridized carbons (Fsp3) is 0.478. The molecule has 0 saturated carbocycles. The first-order valence-electron chi connectivity index (χ1n) is 10.5. The van der Waals surface area contributed by atoms with Gasteiger partial charge < -0.3 is 20.6 Å². The molecule has 31 heavy (non-hydrogen) atoms. The molecule has 0 radical (unpaired) electrons. The number of aromatic nitrogens is 1. The highest BCUT2D eigenvalue weighted by molar-refractivity contribution is 5.85.